The van der Waals surface area contributed by atoms with Gasteiger partial charge in [-0.1, -0.05) is 18.5 Å². The first kappa shape index (κ1) is 11.7. The van der Waals surface area contributed by atoms with Gasteiger partial charge in [-0.05, 0) is 12.5 Å². The highest BCUT2D eigenvalue weighted by molar-refractivity contribution is 5.50. The second kappa shape index (κ2) is 5.01. The molecule has 0 radical (unpaired) electrons. The van der Waals surface area contributed by atoms with Crippen molar-refractivity contribution in [2.75, 3.05) is 0 Å². The normalized spacial score (nSPS) is 12.6. The van der Waals surface area contributed by atoms with Crippen molar-refractivity contribution in [2.45, 2.75) is 25.9 Å². The maximum Gasteiger partial charge on any atom is 0.259 e. The van der Waals surface area contributed by atoms with Gasteiger partial charge in [0.05, 0.1) is 11.8 Å². The zero-order valence-electron chi connectivity index (χ0n) is 9.30. The first-order valence-corrected chi connectivity index (χ1v) is 5.33. The number of hydrogen-bond acceptors (Lipinski definition) is 5. The molecular formula is C11H12FN3O2. The molecule has 2 rings (SSSR count). The fourth-order valence-corrected chi connectivity index (χ4v) is 1.42. The molecule has 6 heteroatoms. The first-order valence-electron chi connectivity index (χ1n) is 5.33. The second-order valence-corrected chi connectivity index (χ2v) is 3.65. The molecule has 0 aromatic carbocycles. The molecule has 2 aromatic heterocycles. The molecule has 0 fully saturated rings. The molecule has 0 saturated heterocycles. The van der Waals surface area contributed by atoms with Crippen molar-refractivity contribution in [3.05, 3.63) is 30.1 Å². The van der Waals surface area contributed by atoms with Gasteiger partial charge in [0, 0.05) is 6.20 Å². The first-order chi connectivity index (χ1) is 8.20. The molecule has 2 heterocycles. The van der Waals surface area contributed by atoms with E-state index in [1.165, 1.54) is 12.3 Å². The summed E-state index contributed by atoms with van der Waals surface area (Å²) in [5, 5.41) is 13.3. The van der Waals surface area contributed by atoms with Crippen LogP contribution in [0.1, 0.15) is 31.7 Å². The van der Waals surface area contributed by atoms with Crippen molar-refractivity contribution in [2.24, 2.45) is 0 Å². The molecule has 0 amide bonds. The largest absolute Gasteiger partial charge is 0.385 e. The summed E-state index contributed by atoms with van der Waals surface area (Å²) in [7, 11) is 0. The van der Waals surface area contributed by atoms with Gasteiger partial charge in [-0.25, -0.2) is 4.39 Å². The van der Waals surface area contributed by atoms with Crippen LogP contribution in [0.2, 0.25) is 0 Å². The Bertz CT molecular complexity index is 501. The zero-order chi connectivity index (χ0) is 12.3. The Kier molecular flexibility index (Phi) is 3.43. The zero-order valence-corrected chi connectivity index (χ0v) is 9.30. The summed E-state index contributed by atoms with van der Waals surface area (Å²) in [5.74, 6) is -0.107. The van der Waals surface area contributed by atoms with Gasteiger partial charge < -0.3 is 9.63 Å². The molecule has 2 aromatic rings. The Labute approximate surface area is 97.3 Å². The highest BCUT2D eigenvalue weighted by atomic mass is 19.1. The van der Waals surface area contributed by atoms with Crippen molar-refractivity contribution >= 4 is 0 Å². The third kappa shape index (κ3) is 2.65. The molecule has 1 unspecified atom stereocenters. The van der Waals surface area contributed by atoms with Crippen LogP contribution >= 0.6 is 0 Å². The molecule has 0 saturated carbocycles. The van der Waals surface area contributed by atoms with E-state index in [4.69, 9.17) is 4.52 Å². The quantitative estimate of drug-likeness (QED) is 0.881. The minimum atomic E-state index is -0.751. The Morgan fingerprint density at radius 2 is 2.29 bits per heavy atom. The lowest BCUT2D eigenvalue weighted by Crippen LogP contribution is -1.98. The molecule has 0 spiro atoms. The standard InChI is InChI=1S/C11H12FN3O2/c1-2-3-9(16)10-14-11(17-15-10)7-4-8(12)6-13-5-7/h4-6,9,16H,2-3H2,1H3. The number of aliphatic hydroxyl groups is 1. The summed E-state index contributed by atoms with van der Waals surface area (Å²) in [4.78, 5) is 7.69. The van der Waals surface area contributed by atoms with Gasteiger partial charge in [-0.3, -0.25) is 4.98 Å². The molecule has 1 N–H and O–H groups in total. The van der Waals surface area contributed by atoms with E-state index in [1.54, 1.807) is 0 Å². The summed E-state index contributed by atoms with van der Waals surface area (Å²) in [6.45, 7) is 1.95. The van der Waals surface area contributed by atoms with Crippen molar-refractivity contribution in [3.63, 3.8) is 0 Å². The molecule has 17 heavy (non-hydrogen) atoms. The third-order valence-corrected chi connectivity index (χ3v) is 2.25. The average Bonchev–Trinajstić information content (AvgIpc) is 2.78. The van der Waals surface area contributed by atoms with Gasteiger partial charge in [0.25, 0.3) is 5.89 Å². The fourth-order valence-electron chi connectivity index (χ4n) is 1.42. The molecule has 5 nitrogen and oxygen atoms in total. The lowest BCUT2D eigenvalue weighted by Gasteiger charge is -2.01. The number of aliphatic hydroxyl groups excluding tert-OH is 1. The monoisotopic (exact) mass is 237 g/mol. The van der Waals surface area contributed by atoms with Crippen molar-refractivity contribution in [3.8, 4) is 11.5 Å². The predicted molar refractivity (Wildman–Crippen MR) is 57.4 cm³/mol. The molecule has 0 bridgehead atoms. The van der Waals surface area contributed by atoms with Crippen LogP contribution in [0, 0.1) is 5.82 Å². The summed E-state index contributed by atoms with van der Waals surface area (Å²) < 4.78 is 17.9. The van der Waals surface area contributed by atoms with E-state index in [0.29, 0.717) is 12.0 Å². The van der Waals surface area contributed by atoms with Crippen LogP contribution < -0.4 is 0 Å². The number of aromatic nitrogens is 3. The Hall–Kier alpha value is -1.82. The maximum atomic E-state index is 12.9. The van der Waals surface area contributed by atoms with Crippen LogP contribution in [-0.4, -0.2) is 20.2 Å². The number of rotatable bonds is 4. The third-order valence-electron chi connectivity index (χ3n) is 2.25. The van der Waals surface area contributed by atoms with Crippen LogP contribution in [0.25, 0.3) is 11.5 Å². The number of halogens is 1. The highest BCUT2D eigenvalue weighted by Gasteiger charge is 2.16. The topological polar surface area (TPSA) is 72.0 Å². The Morgan fingerprint density at radius 3 is 3.00 bits per heavy atom. The smallest absolute Gasteiger partial charge is 0.259 e. The van der Waals surface area contributed by atoms with E-state index >= 15 is 0 Å². The van der Waals surface area contributed by atoms with Crippen LogP contribution in [0.4, 0.5) is 4.39 Å². The van der Waals surface area contributed by atoms with Gasteiger partial charge in [-0.15, -0.1) is 0 Å². The molecule has 1 atom stereocenters. The molecular weight excluding hydrogens is 225 g/mol. The Morgan fingerprint density at radius 1 is 1.47 bits per heavy atom. The predicted octanol–water partition coefficient (Wildman–Crippen LogP) is 2.10. The summed E-state index contributed by atoms with van der Waals surface area (Å²) in [6.07, 6.45) is 3.13. The van der Waals surface area contributed by atoms with E-state index in [-0.39, 0.29) is 11.7 Å². The summed E-state index contributed by atoms with van der Waals surface area (Å²) >= 11 is 0. The van der Waals surface area contributed by atoms with Gasteiger partial charge in [0.1, 0.15) is 11.9 Å². The number of hydrogen-bond donors (Lipinski definition) is 1. The lowest BCUT2D eigenvalue weighted by atomic mass is 10.2. The van der Waals surface area contributed by atoms with Crippen LogP contribution in [-0.2, 0) is 0 Å². The van der Waals surface area contributed by atoms with E-state index in [1.807, 2.05) is 6.92 Å². The highest BCUT2D eigenvalue weighted by Crippen LogP contribution is 2.21. The van der Waals surface area contributed by atoms with E-state index in [0.717, 1.165) is 12.6 Å². The lowest BCUT2D eigenvalue weighted by molar-refractivity contribution is 0.153. The van der Waals surface area contributed by atoms with E-state index in [9.17, 15) is 9.50 Å². The summed E-state index contributed by atoms with van der Waals surface area (Å²) in [6, 6.07) is 1.25. The molecule has 0 aliphatic rings. The Balaban J connectivity index is 2.23. The fraction of sp³-hybridized carbons (Fsp3) is 0.364. The van der Waals surface area contributed by atoms with Crippen molar-refractivity contribution < 1.29 is 14.0 Å². The minimum absolute atomic E-state index is 0.155. The van der Waals surface area contributed by atoms with Crippen molar-refractivity contribution in [1.82, 2.24) is 15.1 Å². The van der Waals surface area contributed by atoms with Gasteiger partial charge in [0.2, 0.25) is 5.82 Å². The molecule has 90 valence electrons. The SMILES string of the molecule is CCCC(O)c1noc(-c2cncc(F)c2)n1. The van der Waals surface area contributed by atoms with E-state index < -0.39 is 11.9 Å². The molecule has 0 aliphatic heterocycles. The average molecular weight is 237 g/mol. The second-order valence-electron chi connectivity index (χ2n) is 3.65. The van der Waals surface area contributed by atoms with Gasteiger partial charge in [0.15, 0.2) is 0 Å². The van der Waals surface area contributed by atoms with E-state index in [2.05, 4.69) is 15.1 Å². The van der Waals surface area contributed by atoms with Crippen LogP contribution in [0.15, 0.2) is 23.0 Å². The maximum absolute atomic E-state index is 12.9. The van der Waals surface area contributed by atoms with Gasteiger partial charge >= 0.3 is 0 Å². The summed E-state index contributed by atoms with van der Waals surface area (Å²) in [5.41, 5.74) is 0.396. The minimum Gasteiger partial charge on any atom is -0.385 e. The van der Waals surface area contributed by atoms with Crippen LogP contribution in [0.3, 0.4) is 0 Å². The number of pyridine rings is 1. The molecule has 0 aliphatic carbocycles. The van der Waals surface area contributed by atoms with Crippen LogP contribution in [0.5, 0.6) is 0 Å². The number of nitrogens with zero attached hydrogens (tertiary/aromatic N) is 3. The van der Waals surface area contributed by atoms with Crippen molar-refractivity contribution in [1.29, 1.82) is 0 Å². The van der Waals surface area contributed by atoms with Gasteiger partial charge in [-0.2, -0.15) is 4.98 Å².